The maximum Gasteiger partial charge on any atom is 0.0406 e. The molecule has 1 N–H and O–H groups in total. The van der Waals surface area contributed by atoms with Gasteiger partial charge < -0.3 is 5.32 Å². The molecule has 0 aliphatic heterocycles. The fraction of sp³-hybridized carbons (Fsp3) is 0.0909. The van der Waals surface area contributed by atoms with Gasteiger partial charge in [-0.15, -0.1) is 0 Å². The van der Waals surface area contributed by atoms with Crippen LogP contribution in [0.4, 0.5) is 5.69 Å². The van der Waals surface area contributed by atoms with Gasteiger partial charge in [0.2, 0.25) is 0 Å². The first-order valence-electron chi connectivity index (χ1n) is 7.93. The normalized spacial score (nSPS) is 10.8. The van der Waals surface area contributed by atoms with Crippen molar-refractivity contribution in [3.05, 3.63) is 101 Å². The molecule has 0 saturated heterocycles. The van der Waals surface area contributed by atoms with Crippen molar-refractivity contribution in [2.75, 3.05) is 5.32 Å². The molecule has 0 amide bonds. The van der Waals surface area contributed by atoms with Gasteiger partial charge in [0.15, 0.2) is 0 Å². The highest BCUT2D eigenvalue weighted by Crippen LogP contribution is 2.16. The molecule has 3 rings (SSSR count). The zero-order chi connectivity index (χ0) is 15.9. The molecule has 0 saturated carbocycles. The number of anilines is 1. The Kier molecular flexibility index (Phi) is 4.90. The largest absolute Gasteiger partial charge is 0.381 e. The average Bonchev–Trinajstić information content (AvgIpc) is 2.61. The third-order valence-electron chi connectivity index (χ3n) is 3.84. The lowest BCUT2D eigenvalue weighted by Crippen LogP contribution is -2.00. The lowest BCUT2D eigenvalue weighted by Gasteiger charge is -2.09. The second-order valence-corrected chi connectivity index (χ2v) is 5.66. The fourth-order valence-electron chi connectivity index (χ4n) is 2.47. The Hall–Kier alpha value is -2.80. The Morgan fingerprint density at radius 1 is 0.739 bits per heavy atom. The van der Waals surface area contributed by atoms with Crippen molar-refractivity contribution in [3.8, 4) is 0 Å². The Morgan fingerprint density at radius 3 is 2.22 bits per heavy atom. The van der Waals surface area contributed by atoms with Gasteiger partial charge in [-0.3, -0.25) is 0 Å². The van der Waals surface area contributed by atoms with E-state index in [0.29, 0.717) is 0 Å². The molecular formula is C22H21N. The molecule has 0 unspecified atom stereocenters. The van der Waals surface area contributed by atoms with Crippen LogP contribution in [-0.4, -0.2) is 0 Å². The highest BCUT2D eigenvalue weighted by molar-refractivity contribution is 5.71. The van der Waals surface area contributed by atoms with Crippen LogP contribution in [0, 0.1) is 6.92 Å². The van der Waals surface area contributed by atoms with Crippen LogP contribution >= 0.6 is 0 Å². The predicted molar refractivity (Wildman–Crippen MR) is 100 cm³/mol. The third-order valence-corrected chi connectivity index (χ3v) is 3.84. The smallest absolute Gasteiger partial charge is 0.0406 e. The minimum Gasteiger partial charge on any atom is -0.381 e. The Labute approximate surface area is 138 Å². The molecule has 0 radical (unpaired) electrons. The number of rotatable bonds is 5. The van der Waals surface area contributed by atoms with E-state index >= 15 is 0 Å². The first-order chi connectivity index (χ1) is 11.3. The van der Waals surface area contributed by atoms with E-state index in [4.69, 9.17) is 0 Å². The van der Waals surface area contributed by atoms with Crippen molar-refractivity contribution in [2.45, 2.75) is 13.5 Å². The van der Waals surface area contributed by atoms with Crippen molar-refractivity contribution in [1.82, 2.24) is 0 Å². The number of hydrogen-bond acceptors (Lipinski definition) is 1. The topological polar surface area (TPSA) is 12.0 Å². The van der Waals surface area contributed by atoms with Gasteiger partial charge >= 0.3 is 0 Å². The Morgan fingerprint density at radius 2 is 1.43 bits per heavy atom. The SMILES string of the molecule is Cc1ccc(/C=C/c2ccccc2CNc2ccccc2)cc1. The summed E-state index contributed by atoms with van der Waals surface area (Å²) in [5, 5.41) is 3.47. The summed E-state index contributed by atoms with van der Waals surface area (Å²) in [7, 11) is 0. The first-order valence-corrected chi connectivity index (χ1v) is 7.93. The number of nitrogens with one attached hydrogen (secondary N) is 1. The van der Waals surface area contributed by atoms with Crippen LogP contribution in [0.15, 0.2) is 78.9 Å². The van der Waals surface area contributed by atoms with Gasteiger partial charge in [0.05, 0.1) is 0 Å². The lowest BCUT2D eigenvalue weighted by atomic mass is 10.1. The van der Waals surface area contributed by atoms with Gasteiger partial charge in [0, 0.05) is 12.2 Å². The first kappa shape index (κ1) is 15.1. The van der Waals surface area contributed by atoms with Gasteiger partial charge in [-0.05, 0) is 35.7 Å². The minimum atomic E-state index is 0.818. The van der Waals surface area contributed by atoms with Crippen molar-refractivity contribution in [2.24, 2.45) is 0 Å². The third kappa shape index (κ3) is 4.33. The van der Waals surface area contributed by atoms with E-state index in [2.05, 4.69) is 85.1 Å². The Balaban J connectivity index is 1.73. The van der Waals surface area contributed by atoms with Gasteiger partial charge in [-0.2, -0.15) is 0 Å². The van der Waals surface area contributed by atoms with Crippen LogP contribution in [0.3, 0.4) is 0 Å². The number of para-hydroxylation sites is 1. The molecule has 0 aliphatic carbocycles. The summed E-state index contributed by atoms with van der Waals surface area (Å²) in [6, 6.07) is 27.4. The molecule has 1 heteroatoms. The van der Waals surface area contributed by atoms with Crippen LogP contribution in [0.1, 0.15) is 22.3 Å². The molecule has 0 aliphatic rings. The molecular weight excluding hydrogens is 278 g/mol. The van der Waals surface area contributed by atoms with E-state index in [9.17, 15) is 0 Å². The molecule has 0 spiro atoms. The summed E-state index contributed by atoms with van der Waals surface area (Å²) >= 11 is 0. The minimum absolute atomic E-state index is 0.818. The van der Waals surface area contributed by atoms with Crippen molar-refractivity contribution in [3.63, 3.8) is 0 Å². The van der Waals surface area contributed by atoms with Crippen LogP contribution < -0.4 is 5.32 Å². The van der Waals surface area contributed by atoms with E-state index < -0.39 is 0 Å². The average molecular weight is 299 g/mol. The van der Waals surface area contributed by atoms with Crippen molar-refractivity contribution >= 4 is 17.8 Å². The zero-order valence-corrected chi connectivity index (χ0v) is 13.4. The summed E-state index contributed by atoms with van der Waals surface area (Å²) in [4.78, 5) is 0. The summed E-state index contributed by atoms with van der Waals surface area (Å²) < 4.78 is 0. The van der Waals surface area contributed by atoms with E-state index in [1.54, 1.807) is 0 Å². The van der Waals surface area contributed by atoms with Crippen molar-refractivity contribution in [1.29, 1.82) is 0 Å². The van der Waals surface area contributed by atoms with Gasteiger partial charge in [0.1, 0.15) is 0 Å². The molecule has 0 fully saturated rings. The summed E-state index contributed by atoms with van der Waals surface area (Å²) in [5.41, 5.74) is 6.19. The molecule has 0 bridgehead atoms. The van der Waals surface area contributed by atoms with Crippen LogP contribution in [0.25, 0.3) is 12.2 Å². The van der Waals surface area contributed by atoms with Gasteiger partial charge in [-0.1, -0.05) is 84.4 Å². The van der Waals surface area contributed by atoms with Crippen LogP contribution in [0.2, 0.25) is 0 Å². The van der Waals surface area contributed by atoms with E-state index in [1.807, 2.05) is 18.2 Å². The highest BCUT2D eigenvalue weighted by atomic mass is 14.9. The molecule has 0 aromatic heterocycles. The number of benzene rings is 3. The van der Waals surface area contributed by atoms with E-state index in [1.165, 1.54) is 22.3 Å². The standard InChI is InChI=1S/C22H21N/c1-18-11-13-19(14-12-18)15-16-20-7-5-6-8-21(20)17-23-22-9-3-2-4-10-22/h2-16,23H,17H2,1H3/b16-15+. The maximum absolute atomic E-state index is 3.47. The number of hydrogen-bond donors (Lipinski definition) is 1. The highest BCUT2D eigenvalue weighted by Gasteiger charge is 1.99. The number of aryl methyl sites for hydroxylation is 1. The molecule has 23 heavy (non-hydrogen) atoms. The Bertz CT molecular complexity index is 771. The lowest BCUT2D eigenvalue weighted by molar-refractivity contribution is 1.14. The maximum atomic E-state index is 3.47. The van der Waals surface area contributed by atoms with Gasteiger partial charge in [0.25, 0.3) is 0 Å². The van der Waals surface area contributed by atoms with E-state index in [-0.39, 0.29) is 0 Å². The predicted octanol–water partition coefficient (Wildman–Crippen LogP) is 5.78. The zero-order valence-electron chi connectivity index (χ0n) is 13.4. The molecule has 0 atom stereocenters. The van der Waals surface area contributed by atoms with E-state index in [0.717, 1.165) is 12.2 Å². The fourth-order valence-corrected chi connectivity index (χ4v) is 2.47. The monoisotopic (exact) mass is 299 g/mol. The quantitative estimate of drug-likeness (QED) is 0.589. The van der Waals surface area contributed by atoms with Crippen LogP contribution in [-0.2, 0) is 6.54 Å². The summed E-state index contributed by atoms with van der Waals surface area (Å²) in [5.74, 6) is 0. The second kappa shape index (κ2) is 7.46. The summed E-state index contributed by atoms with van der Waals surface area (Å²) in [6.45, 7) is 2.93. The molecule has 3 aromatic carbocycles. The molecule has 114 valence electrons. The molecule has 3 aromatic rings. The summed E-state index contributed by atoms with van der Waals surface area (Å²) in [6.07, 6.45) is 4.35. The van der Waals surface area contributed by atoms with Crippen molar-refractivity contribution < 1.29 is 0 Å². The van der Waals surface area contributed by atoms with Gasteiger partial charge in [-0.25, -0.2) is 0 Å². The molecule has 0 heterocycles. The van der Waals surface area contributed by atoms with Crippen LogP contribution in [0.5, 0.6) is 0 Å². The molecule has 1 nitrogen and oxygen atoms in total. The second-order valence-electron chi connectivity index (χ2n) is 5.66.